The van der Waals surface area contributed by atoms with E-state index in [0.717, 1.165) is 10.9 Å². The summed E-state index contributed by atoms with van der Waals surface area (Å²) in [5, 5.41) is 5.08. The summed E-state index contributed by atoms with van der Waals surface area (Å²) in [7, 11) is 2.39. The van der Waals surface area contributed by atoms with E-state index in [0.29, 0.717) is 11.6 Å². The van der Waals surface area contributed by atoms with E-state index in [1.54, 1.807) is 11.7 Å². The molecule has 0 amide bonds. The minimum atomic E-state index is -0.877. The SMILES string of the molecule is COc1c(OP[O-])c2ccccc2n[n+]1C. The summed E-state index contributed by atoms with van der Waals surface area (Å²) in [6.45, 7) is 0. The van der Waals surface area contributed by atoms with Gasteiger partial charge in [0.1, 0.15) is 5.52 Å². The Morgan fingerprint density at radius 1 is 1.38 bits per heavy atom. The van der Waals surface area contributed by atoms with E-state index in [1.807, 2.05) is 24.3 Å². The first-order valence-corrected chi connectivity index (χ1v) is 5.46. The van der Waals surface area contributed by atoms with Crippen molar-refractivity contribution in [2.24, 2.45) is 7.05 Å². The van der Waals surface area contributed by atoms with Gasteiger partial charge in [0, 0.05) is 5.10 Å². The number of aryl methyl sites for hydroxylation is 1. The second-order valence-electron chi connectivity index (χ2n) is 3.16. The van der Waals surface area contributed by atoms with E-state index in [1.165, 1.54) is 7.11 Å². The Morgan fingerprint density at radius 3 is 2.81 bits per heavy atom. The van der Waals surface area contributed by atoms with Crippen LogP contribution in [0.2, 0.25) is 0 Å². The monoisotopic (exact) mass is 238 g/mol. The summed E-state index contributed by atoms with van der Waals surface area (Å²) in [6, 6.07) is 7.45. The molecule has 0 aliphatic rings. The lowest BCUT2D eigenvalue weighted by atomic mass is 10.2. The van der Waals surface area contributed by atoms with Gasteiger partial charge in [0.25, 0.3) is 0 Å². The second-order valence-corrected chi connectivity index (χ2v) is 3.54. The Balaban J connectivity index is 2.76. The molecule has 6 heteroatoms. The first-order chi connectivity index (χ1) is 7.77. The Morgan fingerprint density at radius 2 is 2.12 bits per heavy atom. The average molecular weight is 238 g/mol. The molecule has 0 aliphatic heterocycles. The van der Waals surface area contributed by atoms with Gasteiger partial charge in [-0.25, -0.2) is 0 Å². The van der Waals surface area contributed by atoms with Crippen molar-refractivity contribution >= 4 is 19.9 Å². The quantitative estimate of drug-likeness (QED) is 0.570. The summed E-state index contributed by atoms with van der Waals surface area (Å²) in [5.74, 6) is 0.894. The molecule has 0 bridgehead atoms. The minimum Gasteiger partial charge on any atom is -0.801 e. The molecule has 5 nitrogen and oxygen atoms in total. The molecular weight excluding hydrogens is 227 g/mol. The van der Waals surface area contributed by atoms with Gasteiger partial charge in [-0.05, 0) is 25.8 Å². The summed E-state index contributed by atoms with van der Waals surface area (Å²) in [6.07, 6.45) is 0. The number of fused-ring (bicyclic) bond motifs is 1. The molecule has 1 aromatic heterocycles. The third-order valence-electron chi connectivity index (χ3n) is 2.23. The summed E-state index contributed by atoms with van der Waals surface area (Å²) < 4.78 is 11.8. The molecule has 1 aromatic carbocycles. The van der Waals surface area contributed by atoms with Crippen molar-refractivity contribution in [2.45, 2.75) is 0 Å². The standard InChI is InChI=1S/C10H11N2O3P/c1-12-10(14-2)9(15-16-13)7-5-3-4-6-8(7)11-12/h3-6,16H,1-2H3. The maximum atomic E-state index is 10.6. The molecule has 0 spiro atoms. The minimum absolute atomic E-state index is 0.446. The average Bonchev–Trinajstić information content (AvgIpc) is 2.29. The predicted molar refractivity (Wildman–Crippen MR) is 58.4 cm³/mol. The van der Waals surface area contributed by atoms with Crippen LogP contribution in [0.4, 0.5) is 0 Å². The van der Waals surface area contributed by atoms with Gasteiger partial charge in [0.2, 0.25) is 5.75 Å². The number of ether oxygens (including phenoxy) is 1. The lowest BCUT2D eigenvalue weighted by molar-refractivity contribution is -0.732. The topological polar surface area (TPSA) is 58.3 Å². The van der Waals surface area contributed by atoms with Crippen LogP contribution in [0.15, 0.2) is 24.3 Å². The van der Waals surface area contributed by atoms with Gasteiger partial charge in [-0.15, -0.1) is 0 Å². The fraction of sp³-hybridized carbons (Fsp3) is 0.200. The Bertz CT molecular complexity index is 519. The molecule has 0 N–H and O–H groups in total. The third kappa shape index (κ3) is 1.79. The Hall–Kier alpha value is -1.45. The number of hydrogen-bond acceptors (Lipinski definition) is 4. The molecule has 2 rings (SSSR count). The van der Waals surface area contributed by atoms with E-state index in [-0.39, 0.29) is 0 Å². The number of methoxy groups -OCH3 is 1. The lowest BCUT2D eigenvalue weighted by Crippen LogP contribution is -2.35. The zero-order valence-electron chi connectivity index (χ0n) is 8.93. The van der Waals surface area contributed by atoms with Crippen LogP contribution in [-0.4, -0.2) is 12.2 Å². The van der Waals surface area contributed by atoms with Gasteiger partial charge in [-0.3, -0.25) is 0 Å². The second kappa shape index (κ2) is 4.60. The van der Waals surface area contributed by atoms with Gasteiger partial charge in [-0.2, -0.15) is 0 Å². The Labute approximate surface area is 94.6 Å². The third-order valence-corrected chi connectivity index (χ3v) is 2.52. The van der Waals surface area contributed by atoms with Crippen LogP contribution in [0.5, 0.6) is 11.6 Å². The van der Waals surface area contributed by atoms with Crippen molar-refractivity contribution in [2.75, 3.05) is 7.11 Å². The number of aromatic nitrogens is 2. The van der Waals surface area contributed by atoms with Gasteiger partial charge in [0.15, 0.2) is 7.05 Å². The van der Waals surface area contributed by atoms with Crippen molar-refractivity contribution < 1.29 is 18.8 Å². The van der Waals surface area contributed by atoms with Crippen LogP contribution < -0.4 is 18.8 Å². The van der Waals surface area contributed by atoms with Gasteiger partial charge < -0.3 is 14.2 Å². The van der Waals surface area contributed by atoms with Crippen molar-refractivity contribution in [1.29, 1.82) is 0 Å². The van der Waals surface area contributed by atoms with Crippen molar-refractivity contribution in [3.63, 3.8) is 0 Å². The molecule has 16 heavy (non-hydrogen) atoms. The van der Waals surface area contributed by atoms with Crippen LogP contribution in [0.3, 0.4) is 0 Å². The van der Waals surface area contributed by atoms with E-state index in [9.17, 15) is 4.89 Å². The molecule has 84 valence electrons. The highest BCUT2D eigenvalue weighted by Gasteiger charge is 2.21. The van der Waals surface area contributed by atoms with Crippen molar-refractivity contribution in [1.82, 2.24) is 5.10 Å². The molecule has 0 fully saturated rings. The maximum Gasteiger partial charge on any atom is 0.437 e. The molecule has 1 atom stereocenters. The highest BCUT2D eigenvalue weighted by Crippen LogP contribution is 2.33. The van der Waals surface area contributed by atoms with E-state index in [4.69, 9.17) is 9.26 Å². The van der Waals surface area contributed by atoms with Crippen LogP contribution in [-0.2, 0) is 7.05 Å². The summed E-state index contributed by atoms with van der Waals surface area (Å²) in [5.41, 5.74) is 0.763. The van der Waals surface area contributed by atoms with Crippen LogP contribution in [0.1, 0.15) is 0 Å². The van der Waals surface area contributed by atoms with E-state index in [2.05, 4.69) is 5.10 Å². The zero-order chi connectivity index (χ0) is 11.5. The van der Waals surface area contributed by atoms with Gasteiger partial charge in [0.05, 0.1) is 12.5 Å². The highest BCUT2D eigenvalue weighted by atomic mass is 31.1. The summed E-state index contributed by atoms with van der Waals surface area (Å²) in [4.78, 5) is 10.6. The van der Waals surface area contributed by atoms with Crippen LogP contribution >= 0.6 is 9.03 Å². The predicted octanol–water partition coefficient (Wildman–Crippen LogP) is 0.315. The number of hydrogen-bond donors (Lipinski definition) is 0. The zero-order valence-corrected chi connectivity index (χ0v) is 9.93. The number of benzene rings is 1. The van der Waals surface area contributed by atoms with Gasteiger partial charge >= 0.3 is 5.88 Å². The van der Waals surface area contributed by atoms with E-state index >= 15 is 0 Å². The van der Waals surface area contributed by atoms with Crippen molar-refractivity contribution in [3.05, 3.63) is 24.3 Å². The lowest BCUT2D eigenvalue weighted by Gasteiger charge is -2.11. The first-order valence-electron chi connectivity index (χ1n) is 4.65. The molecule has 0 saturated carbocycles. The molecule has 0 radical (unpaired) electrons. The molecule has 0 aliphatic carbocycles. The fourth-order valence-electron chi connectivity index (χ4n) is 1.59. The fourth-order valence-corrected chi connectivity index (χ4v) is 1.87. The summed E-state index contributed by atoms with van der Waals surface area (Å²) >= 11 is 0. The Kier molecular flexibility index (Phi) is 3.17. The van der Waals surface area contributed by atoms with E-state index < -0.39 is 9.03 Å². The molecule has 0 saturated heterocycles. The normalized spacial score (nSPS) is 11.2. The molecule has 2 aromatic rings. The number of nitrogens with zero attached hydrogens (tertiary/aromatic N) is 2. The molecule has 1 unspecified atom stereocenters. The first kappa shape index (κ1) is 11.0. The van der Waals surface area contributed by atoms with Crippen molar-refractivity contribution in [3.8, 4) is 11.6 Å². The number of rotatable bonds is 3. The smallest absolute Gasteiger partial charge is 0.437 e. The largest absolute Gasteiger partial charge is 0.801 e. The van der Waals surface area contributed by atoms with Crippen LogP contribution in [0, 0.1) is 0 Å². The van der Waals surface area contributed by atoms with Gasteiger partial charge in [-0.1, -0.05) is 12.1 Å². The van der Waals surface area contributed by atoms with Crippen LogP contribution in [0.25, 0.3) is 10.9 Å². The maximum absolute atomic E-state index is 10.6. The molecular formula is C10H11N2O3P. The highest BCUT2D eigenvalue weighted by molar-refractivity contribution is 7.23. The molecule has 1 heterocycles.